The van der Waals surface area contributed by atoms with Gasteiger partial charge in [0.2, 0.25) is 5.89 Å². The molecule has 1 heterocycles. The van der Waals surface area contributed by atoms with E-state index in [4.69, 9.17) is 4.42 Å². The number of benzene rings is 2. The van der Waals surface area contributed by atoms with Gasteiger partial charge in [-0.2, -0.15) is 13.2 Å². The number of hydrogen-bond donors (Lipinski definition) is 1. The van der Waals surface area contributed by atoms with Crippen LogP contribution in [0.25, 0.3) is 11.5 Å². The number of amides is 1. The fraction of sp³-hybridized carbons (Fsp3) is 0.0625. The summed E-state index contributed by atoms with van der Waals surface area (Å²) in [5.74, 6) is -1.70. The molecule has 30 heavy (non-hydrogen) atoms. The van der Waals surface area contributed by atoms with Crippen LogP contribution in [-0.4, -0.2) is 16.1 Å². The van der Waals surface area contributed by atoms with Crippen LogP contribution in [0.15, 0.2) is 57.8 Å². The van der Waals surface area contributed by atoms with Gasteiger partial charge in [0.25, 0.3) is 5.91 Å². The summed E-state index contributed by atoms with van der Waals surface area (Å²) in [4.78, 5) is 9.78. The molecule has 0 spiro atoms. The Morgan fingerprint density at radius 1 is 0.933 bits per heavy atom. The molecule has 5 nitrogen and oxygen atoms in total. The number of nitrogens with one attached hydrogen (secondary N) is 1. The van der Waals surface area contributed by atoms with Crippen molar-refractivity contribution in [3.05, 3.63) is 59.7 Å². The van der Waals surface area contributed by atoms with Gasteiger partial charge in [0, 0.05) is 11.1 Å². The number of hydrogen-bond acceptors (Lipinski definition) is 4. The number of alkyl halides is 3. The molecule has 0 saturated heterocycles. The van der Waals surface area contributed by atoms with E-state index >= 15 is 0 Å². The van der Waals surface area contributed by atoms with Gasteiger partial charge in [0.05, 0.1) is 5.56 Å². The quantitative estimate of drug-likeness (QED) is 0.443. The normalized spacial score (nSPS) is 14.7. The zero-order valence-corrected chi connectivity index (χ0v) is 15.1. The first kappa shape index (κ1) is 21.5. The Morgan fingerprint density at radius 3 is 2.23 bits per heavy atom. The van der Waals surface area contributed by atoms with Crippen molar-refractivity contribution in [3.63, 3.8) is 0 Å². The van der Waals surface area contributed by atoms with Crippen LogP contribution in [0.4, 0.5) is 38.6 Å². The molecule has 0 saturated carbocycles. The molecule has 2 aromatic carbocycles. The first-order chi connectivity index (χ1) is 13.5. The molecule has 1 N–H and O–H groups in total. The molecular formula is C16H9F8N3O2S. The second kappa shape index (κ2) is 6.17. The van der Waals surface area contributed by atoms with Crippen LogP contribution < -0.4 is 5.32 Å². The molecule has 0 aliphatic heterocycles. The Labute approximate surface area is 162 Å². The molecule has 0 radical (unpaired) electrons. The Morgan fingerprint density at radius 2 is 1.60 bits per heavy atom. The van der Waals surface area contributed by atoms with E-state index in [0.29, 0.717) is 12.1 Å². The van der Waals surface area contributed by atoms with Crippen LogP contribution in [0, 0.1) is 0 Å². The van der Waals surface area contributed by atoms with E-state index in [1.165, 1.54) is 6.07 Å². The van der Waals surface area contributed by atoms with Gasteiger partial charge in [-0.15, -0.1) is 5.10 Å². The molecule has 0 atom stereocenters. The van der Waals surface area contributed by atoms with Crippen LogP contribution in [0.2, 0.25) is 0 Å². The largest absolute Gasteiger partial charge is 0.416 e. The van der Waals surface area contributed by atoms with Gasteiger partial charge < -0.3 is 4.42 Å². The lowest BCUT2D eigenvalue weighted by Crippen LogP contribution is -2.14. The summed E-state index contributed by atoms with van der Waals surface area (Å²) in [6.07, 6.45) is -4.64. The van der Waals surface area contributed by atoms with Crippen LogP contribution in [-0.2, 0) is 6.18 Å². The molecule has 162 valence electrons. The van der Waals surface area contributed by atoms with Gasteiger partial charge in [-0.05, 0) is 36.4 Å². The second-order valence-corrected chi connectivity index (χ2v) is 8.35. The van der Waals surface area contributed by atoms with E-state index in [2.05, 4.69) is 10.2 Å². The zero-order chi connectivity index (χ0) is 22.4. The summed E-state index contributed by atoms with van der Waals surface area (Å²) in [6, 6.07) is 4.67. The van der Waals surface area contributed by atoms with Crippen LogP contribution in [0.5, 0.6) is 0 Å². The Balaban J connectivity index is 1.83. The maximum absolute atomic E-state index is 12.9. The molecule has 0 unspecified atom stereocenters. The third-order valence-electron chi connectivity index (χ3n) is 3.62. The predicted octanol–water partition coefficient (Wildman–Crippen LogP) is 6.67. The van der Waals surface area contributed by atoms with Gasteiger partial charge in [0.15, 0.2) is 0 Å². The molecule has 1 amide bonds. The lowest BCUT2D eigenvalue weighted by atomic mass is 10.1. The highest BCUT2D eigenvalue weighted by molar-refractivity contribution is 8.45. The SMILES string of the molecule is O=C(Nc1nnc(-c2cccc(C(F)(F)F)c2)o1)c1cccc(S(F)(F)(F)(F)F)c1. The van der Waals surface area contributed by atoms with Gasteiger partial charge in [-0.1, -0.05) is 36.7 Å². The van der Waals surface area contributed by atoms with Gasteiger partial charge in [-0.25, -0.2) is 0 Å². The number of carbonyl (C=O) groups is 1. The summed E-state index contributed by atoms with van der Waals surface area (Å²) in [6.45, 7) is 0. The number of halogens is 8. The van der Waals surface area contributed by atoms with Crippen molar-refractivity contribution in [2.45, 2.75) is 11.1 Å². The summed E-state index contributed by atoms with van der Waals surface area (Å²) in [7, 11) is -10.0. The Hall–Kier alpha value is -3.16. The third-order valence-corrected chi connectivity index (χ3v) is 4.77. The van der Waals surface area contributed by atoms with Crippen LogP contribution in [0.1, 0.15) is 15.9 Å². The van der Waals surface area contributed by atoms with Crippen molar-refractivity contribution < 1.29 is 41.8 Å². The maximum Gasteiger partial charge on any atom is 0.416 e. The van der Waals surface area contributed by atoms with E-state index in [0.717, 1.165) is 18.2 Å². The standard InChI is InChI=1S/C16H9F8N3O2S/c17-16(18,19)11-5-1-4-10(7-11)14-26-27-15(29-14)25-13(28)9-3-2-6-12(8-9)30(20,21,22,23)24/h1-8H,(H,25,27,28). The molecule has 0 bridgehead atoms. The highest BCUT2D eigenvalue weighted by Crippen LogP contribution is 3.02. The minimum absolute atomic E-state index is 0.0407. The van der Waals surface area contributed by atoms with Gasteiger partial charge >= 0.3 is 22.4 Å². The van der Waals surface area contributed by atoms with Crippen molar-refractivity contribution in [2.24, 2.45) is 0 Å². The summed E-state index contributed by atoms with van der Waals surface area (Å²) < 4.78 is 108. The van der Waals surface area contributed by atoms with E-state index in [-0.39, 0.29) is 17.7 Å². The van der Waals surface area contributed by atoms with Crippen molar-refractivity contribution in [3.8, 4) is 11.5 Å². The minimum atomic E-state index is -10.0. The van der Waals surface area contributed by atoms with Gasteiger partial charge in [-0.3, -0.25) is 10.1 Å². The number of anilines is 1. The van der Waals surface area contributed by atoms with E-state index in [9.17, 15) is 37.4 Å². The predicted molar refractivity (Wildman–Crippen MR) is 90.5 cm³/mol. The molecule has 14 heteroatoms. The van der Waals surface area contributed by atoms with E-state index < -0.39 is 50.2 Å². The Bertz CT molecular complexity index is 1130. The van der Waals surface area contributed by atoms with Gasteiger partial charge in [0.1, 0.15) is 4.90 Å². The summed E-state index contributed by atoms with van der Waals surface area (Å²) in [5.41, 5.74) is -1.92. The average Bonchev–Trinajstić information content (AvgIpc) is 3.08. The lowest BCUT2D eigenvalue weighted by Gasteiger charge is -2.40. The lowest BCUT2D eigenvalue weighted by molar-refractivity contribution is -0.137. The molecule has 0 aliphatic rings. The number of rotatable bonds is 4. The minimum Gasteiger partial charge on any atom is -0.403 e. The number of carbonyl (C=O) groups excluding carboxylic acids is 1. The van der Waals surface area contributed by atoms with Crippen LogP contribution >= 0.6 is 10.2 Å². The topological polar surface area (TPSA) is 68.0 Å². The van der Waals surface area contributed by atoms with E-state index in [1.807, 2.05) is 5.32 Å². The van der Waals surface area contributed by atoms with Crippen molar-refractivity contribution in [1.82, 2.24) is 10.2 Å². The highest BCUT2D eigenvalue weighted by atomic mass is 32.5. The highest BCUT2D eigenvalue weighted by Gasteiger charge is 2.65. The fourth-order valence-corrected chi connectivity index (χ4v) is 2.95. The monoisotopic (exact) mass is 459 g/mol. The average molecular weight is 459 g/mol. The number of nitrogens with zero attached hydrogens (tertiary/aromatic N) is 2. The van der Waals surface area contributed by atoms with E-state index in [1.54, 1.807) is 0 Å². The molecule has 0 fully saturated rings. The van der Waals surface area contributed by atoms with Crippen molar-refractivity contribution in [1.29, 1.82) is 0 Å². The molecule has 0 aliphatic carbocycles. The smallest absolute Gasteiger partial charge is 0.403 e. The maximum atomic E-state index is 12.9. The van der Waals surface area contributed by atoms with Crippen LogP contribution in [0.3, 0.4) is 0 Å². The first-order valence-electron chi connectivity index (χ1n) is 7.69. The first-order valence-corrected chi connectivity index (χ1v) is 9.65. The zero-order valence-electron chi connectivity index (χ0n) is 14.3. The van der Waals surface area contributed by atoms with Crippen molar-refractivity contribution >= 4 is 22.1 Å². The molecule has 1 aromatic heterocycles. The molecule has 3 aromatic rings. The fourth-order valence-electron chi connectivity index (χ4n) is 2.27. The summed E-state index contributed by atoms with van der Waals surface area (Å²) in [5, 5.41) is 8.69. The number of aromatic nitrogens is 2. The molecule has 3 rings (SSSR count). The third kappa shape index (κ3) is 4.87. The van der Waals surface area contributed by atoms with Crippen molar-refractivity contribution in [2.75, 3.05) is 5.32 Å². The summed E-state index contributed by atoms with van der Waals surface area (Å²) >= 11 is 0. The second-order valence-electron chi connectivity index (χ2n) is 5.94. The molecular weight excluding hydrogens is 450 g/mol. The Kier molecular flexibility index (Phi) is 4.43.